The number of nitrogens with two attached hydrogens (primary N) is 1. The Morgan fingerprint density at radius 1 is 1.22 bits per heavy atom. The fourth-order valence-corrected chi connectivity index (χ4v) is 1.90. The van der Waals surface area contributed by atoms with Crippen LogP contribution < -0.4 is 11.3 Å². The van der Waals surface area contributed by atoms with Crippen molar-refractivity contribution in [2.45, 2.75) is 26.7 Å². The average molecular weight is 242 g/mol. The van der Waals surface area contributed by atoms with Gasteiger partial charge < -0.3 is 5.43 Å². The summed E-state index contributed by atoms with van der Waals surface area (Å²) in [5, 5.41) is 0. The summed E-state index contributed by atoms with van der Waals surface area (Å²) in [4.78, 5) is 9.01. The first-order valence-electron chi connectivity index (χ1n) is 6.15. The Bertz CT molecular complexity index is 537. The van der Waals surface area contributed by atoms with Gasteiger partial charge in [0.1, 0.15) is 5.82 Å². The van der Waals surface area contributed by atoms with Crippen molar-refractivity contribution in [3.8, 4) is 11.4 Å². The average Bonchev–Trinajstić information content (AvgIpc) is 2.39. The highest BCUT2D eigenvalue weighted by Crippen LogP contribution is 2.21. The largest absolute Gasteiger partial charge is 0.308 e. The van der Waals surface area contributed by atoms with Gasteiger partial charge in [-0.25, -0.2) is 15.8 Å². The molecule has 3 N–H and O–H groups in total. The molecule has 0 spiro atoms. The van der Waals surface area contributed by atoms with Crippen LogP contribution in [-0.4, -0.2) is 9.97 Å². The number of hydrogen-bond donors (Lipinski definition) is 2. The molecule has 0 aliphatic carbocycles. The maximum atomic E-state index is 5.46. The molecule has 1 aromatic heterocycles. The van der Waals surface area contributed by atoms with Gasteiger partial charge in [0.15, 0.2) is 5.82 Å². The molecular weight excluding hydrogens is 224 g/mol. The number of rotatable bonds is 4. The number of benzene rings is 1. The lowest BCUT2D eigenvalue weighted by Crippen LogP contribution is -2.10. The first-order chi connectivity index (χ1) is 8.74. The minimum Gasteiger partial charge on any atom is -0.308 e. The highest BCUT2D eigenvalue weighted by Gasteiger charge is 2.08. The molecule has 0 saturated heterocycles. The smallest absolute Gasteiger partial charge is 0.162 e. The summed E-state index contributed by atoms with van der Waals surface area (Å²) in [5.41, 5.74) is 5.83. The van der Waals surface area contributed by atoms with Crippen molar-refractivity contribution in [2.75, 3.05) is 5.43 Å². The van der Waals surface area contributed by atoms with Crippen molar-refractivity contribution in [1.29, 1.82) is 0 Å². The highest BCUT2D eigenvalue weighted by molar-refractivity contribution is 5.61. The Labute approximate surface area is 107 Å². The number of anilines is 1. The Morgan fingerprint density at radius 2 is 2.00 bits per heavy atom. The lowest BCUT2D eigenvalue weighted by atomic mass is 10.1. The van der Waals surface area contributed by atoms with Crippen molar-refractivity contribution in [2.24, 2.45) is 5.84 Å². The van der Waals surface area contributed by atoms with E-state index >= 15 is 0 Å². The molecule has 2 aromatic rings. The molecule has 0 aliphatic heterocycles. The van der Waals surface area contributed by atoms with Gasteiger partial charge >= 0.3 is 0 Å². The third kappa shape index (κ3) is 2.65. The molecule has 0 fully saturated rings. The van der Waals surface area contributed by atoms with E-state index in [0.29, 0.717) is 5.82 Å². The van der Waals surface area contributed by atoms with Crippen molar-refractivity contribution < 1.29 is 0 Å². The van der Waals surface area contributed by atoms with Gasteiger partial charge in [-0.1, -0.05) is 37.6 Å². The predicted octanol–water partition coefficient (Wildman–Crippen LogP) is 2.69. The van der Waals surface area contributed by atoms with Crippen LogP contribution in [0.15, 0.2) is 30.3 Å². The zero-order valence-corrected chi connectivity index (χ0v) is 10.8. The molecule has 0 radical (unpaired) electrons. The molecule has 0 unspecified atom stereocenters. The summed E-state index contributed by atoms with van der Waals surface area (Å²) in [5.74, 6) is 6.85. The van der Waals surface area contributed by atoms with E-state index in [9.17, 15) is 0 Å². The normalized spacial score (nSPS) is 10.4. The summed E-state index contributed by atoms with van der Waals surface area (Å²) in [6, 6.07) is 9.98. The molecule has 0 amide bonds. The van der Waals surface area contributed by atoms with Crippen LogP contribution >= 0.6 is 0 Å². The summed E-state index contributed by atoms with van der Waals surface area (Å²) in [6.45, 7) is 4.19. The molecule has 4 heteroatoms. The second-order valence-electron chi connectivity index (χ2n) is 4.28. The van der Waals surface area contributed by atoms with Crippen molar-refractivity contribution in [3.63, 3.8) is 0 Å². The summed E-state index contributed by atoms with van der Waals surface area (Å²) < 4.78 is 0. The second-order valence-corrected chi connectivity index (χ2v) is 4.28. The molecule has 1 aromatic carbocycles. The van der Waals surface area contributed by atoms with Gasteiger partial charge in [0, 0.05) is 17.3 Å². The Balaban J connectivity index is 2.50. The van der Waals surface area contributed by atoms with E-state index < -0.39 is 0 Å². The predicted molar refractivity (Wildman–Crippen MR) is 74.0 cm³/mol. The summed E-state index contributed by atoms with van der Waals surface area (Å²) >= 11 is 0. The third-order valence-corrected chi connectivity index (χ3v) is 2.82. The van der Waals surface area contributed by atoms with Crippen LogP contribution in [0.5, 0.6) is 0 Å². The Morgan fingerprint density at radius 3 is 2.67 bits per heavy atom. The standard InChI is InChI=1S/C14H18N4/c1-3-6-11-9-13(18-15)17-14(16-11)12-8-5-4-7-10(12)2/h4-5,7-9H,3,6,15H2,1-2H3,(H,16,17,18). The molecule has 94 valence electrons. The quantitative estimate of drug-likeness (QED) is 0.639. The molecule has 1 heterocycles. The van der Waals surface area contributed by atoms with Gasteiger partial charge in [-0.3, -0.25) is 0 Å². The summed E-state index contributed by atoms with van der Waals surface area (Å²) in [6.07, 6.45) is 1.98. The van der Waals surface area contributed by atoms with Gasteiger partial charge in [-0.2, -0.15) is 0 Å². The van der Waals surface area contributed by atoms with Crippen LogP contribution in [0.3, 0.4) is 0 Å². The van der Waals surface area contributed by atoms with Crippen LogP contribution in [0.4, 0.5) is 5.82 Å². The van der Waals surface area contributed by atoms with E-state index in [2.05, 4.69) is 35.3 Å². The number of nitrogen functional groups attached to an aromatic ring is 1. The van der Waals surface area contributed by atoms with Gasteiger partial charge in [0.2, 0.25) is 0 Å². The van der Waals surface area contributed by atoms with Crippen molar-refractivity contribution >= 4 is 5.82 Å². The van der Waals surface area contributed by atoms with Crippen LogP contribution in [0.1, 0.15) is 24.6 Å². The molecule has 0 aliphatic rings. The molecule has 4 nitrogen and oxygen atoms in total. The van der Waals surface area contributed by atoms with E-state index in [0.717, 1.165) is 35.5 Å². The van der Waals surface area contributed by atoms with E-state index in [1.165, 1.54) is 0 Å². The first-order valence-corrected chi connectivity index (χ1v) is 6.15. The molecule has 0 bridgehead atoms. The number of hydrazine groups is 1. The zero-order chi connectivity index (χ0) is 13.0. The second kappa shape index (κ2) is 5.60. The number of aryl methyl sites for hydroxylation is 2. The minimum absolute atomic E-state index is 0.659. The van der Waals surface area contributed by atoms with Crippen LogP contribution in [0.25, 0.3) is 11.4 Å². The first kappa shape index (κ1) is 12.5. The molecule has 2 rings (SSSR count). The third-order valence-electron chi connectivity index (χ3n) is 2.82. The van der Waals surface area contributed by atoms with E-state index in [1.807, 2.05) is 24.3 Å². The lowest BCUT2D eigenvalue weighted by molar-refractivity contribution is 0.875. The van der Waals surface area contributed by atoms with Crippen molar-refractivity contribution in [1.82, 2.24) is 9.97 Å². The van der Waals surface area contributed by atoms with E-state index in [-0.39, 0.29) is 0 Å². The van der Waals surface area contributed by atoms with Gasteiger partial charge in [-0.05, 0) is 18.9 Å². The van der Waals surface area contributed by atoms with E-state index in [4.69, 9.17) is 5.84 Å². The topological polar surface area (TPSA) is 63.8 Å². The number of hydrogen-bond acceptors (Lipinski definition) is 4. The number of nitrogens with zero attached hydrogens (tertiary/aromatic N) is 2. The maximum absolute atomic E-state index is 5.46. The summed E-state index contributed by atoms with van der Waals surface area (Å²) in [7, 11) is 0. The monoisotopic (exact) mass is 242 g/mol. The van der Waals surface area contributed by atoms with Crippen LogP contribution in [0.2, 0.25) is 0 Å². The SMILES string of the molecule is CCCc1cc(NN)nc(-c2ccccc2C)n1. The van der Waals surface area contributed by atoms with Crippen LogP contribution in [0, 0.1) is 6.92 Å². The van der Waals surface area contributed by atoms with Gasteiger partial charge in [0.05, 0.1) is 0 Å². The van der Waals surface area contributed by atoms with Crippen LogP contribution in [-0.2, 0) is 6.42 Å². The fourth-order valence-electron chi connectivity index (χ4n) is 1.90. The molecule has 18 heavy (non-hydrogen) atoms. The van der Waals surface area contributed by atoms with Gasteiger partial charge in [0.25, 0.3) is 0 Å². The zero-order valence-electron chi connectivity index (χ0n) is 10.8. The number of nitrogens with one attached hydrogen (secondary N) is 1. The minimum atomic E-state index is 0.659. The van der Waals surface area contributed by atoms with E-state index in [1.54, 1.807) is 0 Å². The molecular formula is C14H18N4. The fraction of sp³-hybridized carbons (Fsp3) is 0.286. The lowest BCUT2D eigenvalue weighted by Gasteiger charge is -2.09. The Hall–Kier alpha value is -1.94. The Kier molecular flexibility index (Phi) is 3.89. The number of aromatic nitrogens is 2. The van der Waals surface area contributed by atoms with Crippen molar-refractivity contribution in [3.05, 3.63) is 41.6 Å². The molecule has 0 atom stereocenters. The van der Waals surface area contributed by atoms with Gasteiger partial charge in [-0.15, -0.1) is 0 Å². The highest BCUT2D eigenvalue weighted by atomic mass is 15.3. The molecule has 0 saturated carbocycles. The maximum Gasteiger partial charge on any atom is 0.162 e.